The Balaban J connectivity index is 1.67. The Hall–Kier alpha value is -3.25. The van der Waals surface area contributed by atoms with Gasteiger partial charge >= 0.3 is 0 Å². The lowest BCUT2D eigenvalue weighted by Crippen LogP contribution is -2.31. The molecule has 0 radical (unpaired) electrons. The van der Waals surface area contributed by atoms with Crippen LogP contribution in [0.4, 0.5) is 4.39 Å². The van der Waals surface area contributed by atoms with Crippen molar-refractivity contribution in [1.29, 1.82) is 0 Å². The lowest BCUT2D eigenvalue weighted by molar-refractivity contribution is 0.0730. The molecule has 1 amide bonds. The smallest absolute Gasteiger partial charge is 0.290 e. The molecule has 4 nitrogen and oxygen atoms in total. The molecule has 0 fully saturated rings. The number of hydrogen-bond donors (Lipinski definition) is 0. The molecular formula is C25H17BrFNO3. The number of carbonyl (C=O) groups is 1. The molecule has 1 atom stereocenters. The largest absolute Gasteiger partial charge is 0.450 e. The molecule has 0 aliphatic carbocycles. The molecule has 6 heteroatoms. The molecule has 0 saturated heterocycles. The molecule has 0 bridgehead atoms. The normalized spacial score (nSPS) is 15.5. The first-order chi connectivity index (χ1) is 15.0. The summed E-state index contributed by atoms with van der Waals surface area (Å²) < 4.78 is 20.5. The van der Waals surface area contributed by atoms with Crippen LogP contribution in [0.15, 0.2) is 86.5 Å². The van der Waals surface area contributed by atoms with Crippen LogP contribution in [0.1, 0.15) is 33.3 Å². The molecule has 4 aromatic rings. The first-order valence-corrected chi connectivity index (χ1v) is 10.7. The minimum absolute atomic E-state index is 0.0298. The molecule has 1 aromatic heterocycles. The van der Waals surface area contributed by atoms with Crippen molar-refractivity contribution in [3.63, 3.8) is 0 Å². The van der Waals surface area contributed by atoms with E-state index in [-0.39, 0.29) is 33.6 Å². The standard InChI is InChI=1S/C25H17BrFNO3/c26-17-8-4-7-16(13-17)22-21-23(29)19-14-18(27)9-10-20(19)31-24(21)25(30)28(22)12-11-15-5-2-1-3-6-15/h1-10,13-14,22H,11-12H2. The zero-order chi connectivity index (χ0) is 21.5. The van der Waals surface area contributed by atoms with Gasteiger partial charge in [-0.1, -0.05) is 58.4 Å². The summed E-state index contributed by atoms with van der Waals surface area (Å²) in [7, 11) is 0. The van der Waals surface area contributed by atoms with E-state index in [9.17, 15) is 14.0 Å². The number of amides is 1. The van der Waals surface area contributed by atoms with Crippen molar-refractivity contribution in [2.45, 2.75) is 12.5 Å². The summed E-state index contributed by atoms with van der Waals surface area (Å²) in [5.41, 5.74) is 1.96. The second-order valence-corrected chi connectivity index (χ2v) is 8.42. The molecular weight excluding hydrogens is 461 g/mol. The number of fused-ring (bicyclic) bond motifs is 2. The third-order valence-electron chi connectivity index (χ3n) is 5.58. The van der Waals surface area contributed by atoms with Gasteiger partial charge in [0.2, 0.25) is 5.76 Å². The van der Waals surface area contributed by atoms with Gasteiger partial charge in [0, 0.05) is 11.0 Å². The fourth-order valence-corrected chi connectivity index (χ4v) is 4.56. The average molecular weight is 478 g/mol. The Morgan fingerprint density at radius 2 is 1.77 bits per heavy atom. The molecule has 5 rings (SSSR count). The topological polar surface area (TPSA) is 50.5 Å². The van der Waals surface area contributed by atoms with Gasteiger partial charge in [-0.15, -0.1) is 0 Å². The van der Waals surface area contributed by atoms with E-state index in [2.05, 4.69) is 15.9 Å². The molecule has 1 aliphatic heterocycles. The van der Waals surface area contributed by atoms with Crippen molar-refractivity contribution in [2.24, 2.45) is 0 Å². The van der Waals surface area contributed by atoms with Gasteiger partial charge in [-0.3, -0.25) is 9.59 Å². The molecule has 31 heavy (non-hydrogen) atoms. The Kier molecular flexibility index (Phi) is 4.94. The van der Waals surface area contributed by atoms with E-state index in [0.717, 1.165) is 21.7 Å². The highest BCUT2D eigenvalue weighted by Crippen LogP contribution is 2.38. The van der Waals surface area contributed by atoms with Gasteiger partial charge < -0.3 is 9.32 Å². The van der Waals surface area contributed by atoms with Gasteiger partial charge in [-0.25, -0.2) is 4.39 Å². The fourth-order valence-electron chi connectivity index (χ4n) is 4.14. The highest BCUT2D eigenvalue weighted by molar-refractivity contribution is 9.10. The quantitative estimate of drug-likeness (QED) is 0.390. The lowest BCUT2D eigenvalue weighted by atomic mass is 9.98. The summed E-state index contributed by atoms with van der Waals surface area (Å²) in [4.78, 5) is 28.4. The molecule has 3 aromatic carbocycles. The van der Waals surface area contributed by atoms with Crippen molar-refractivity contribution < 1.29 is 13.6 Å². The molecule has 0 N–H and O–H groups in total. The van der Waals surface area contributed by atoms with Crippen molar-refractivity contribution in [3.05, 3.63) is 116 Å². The number of benzene rings is 3. The maximum absolute atomic E-state index is 13.8. The third kappa shape index (κ3) is 3.47. The van der Waals surface area contributed by atoms with Gasteiger partial charge in [0.15, 0.2) is 5.43 Å². The first-order valence-electron chi connectivity index (χ1n) is 9.89. The highest BCUT2D eigenvalue weighted by Gasteiger charge is 2.42. The summed E-state index contributed by atoms with van der Waals surface area (Å²) in [5.74, 6) is -0.828. The third-order valence-corrected chi connectivity index (χ3v) is 6.07. The lowest BCUT2D eigenvalue weighted by Gasteiger charge is -2.25. The summed E-state index contributed by atoms with van der Waals surface area (Å²) in [6.45, 7) is 0.411. The Morgan fingerprint density at radius 1 is 0.968 bits per heavy atom. The average Bonchev–Trinajstić information content (AvgIpc) is 3.05. The molecule has 2 heterocycles. The number of carbonyl (C=O) groups excluding carboxylic acids is 1. The molecule has 0 spiro atoms. The number of halogens is 2. The van der Waals surface area contributed by atoms with Crippen molar-refractivity contribution >= 4 is 32.8 Å². The zero-order valence-electron chi connectivity index (χ0n) is 16.3. The fraction of sp³-hybridized carbons (Fsp3) is 0.120. The van der Waals surface area contributed by atoms with Crippen molar-refractivity contribution in [1.82, 2.24) is 4.90 Å². The van der Waals surface area contributed by atoms with Crippen LogP contribution in [0.25, 0.3) is 11.0 Å². The van der Waals surface area contributed by atoms with E-state index >= 15 is 0 Å². The van der Waals surface area contributed by atoms with Crippen LogP contribution in [0.2, 0.25) is 0 Å². The van der Waals surface area contributed by atoms with Crippen LogP contribution >= 0.6 is 15.9 Å². The van der Waals surface area contributed by atoms with Gasteiger partial charge in [0.1, 0.15) is 11.4 Å². The Morgan fingerprint density at radius 3 is 2.55 bits per heavy atom. The van der Waals surface area contributed by atoms with E-state index in [1.54, 1.807) is 4.90 Å². The van der Waals surface area contributed by atoms with E-state index in [1.807, 2.05) is 54.6 Å². The van der Waals surface area contributed by atoms with E-state index in [4.69, 9.17) is 4.42 Å². The van der Waals surface area contributed by atoms with E-state index < -0.39 is 11.9 Å². The van der Waals surface area contributed by atoms with Crippen LogP contribution in [0.5, 0.6) is 0 Å². The summed E-state index contributed by atoms with van der Waals surface area (Å²) in [6, 6.07) is 20.5. The molecule has 0 saturated carbocycles. The summed E-state index contributed by atoms with van der Waals surface area (Å²) in [5, 5.41) is 0.136. The van der Waals surface area contributed by atoms with Gasteiger partial charge in [-0.2, -0.15) is 0 Å². The van der Waals surface area contributed by atoms with E-state index in [1.165, 1.54) is 12.1 Å². The second kappa shape index (κ2) is 7.78. The predicted octanol–water partition coefficient (Wildman–Crippen LogP) is 5.48. The highest BCUT2D eigenvalue weighted by atomic mass is 79.9. The minimum atomic E-state index is -0.604. The Labute approximate surface area is 186 Å². The van der Waals surface area contributed by atoms with Crippen LogP contribution in [0.3, 0.4) is 0 Å². The van der Waals surface area contributed by atoms with Crippen LogP contribution in [-0.4, -0.2) is 17.4 Å². The Bertz CT molecular complexity index is 1370. The number of nitrogens with zero attached hydrogens (tertiary/aromatic N) is 1. The summed E-state index contributed by atoms with van der Waals surface area (Å²) in [6.07, 6.45) is 0.632. The van der Waals surface area contributed by atoms with Crippen molar-refractivity contribution in [2.75, 3.05) is 6.54 Å². The van der Waals surface area contributed by atoms with Crippen LogP contribution < -0.4 is 5.43 Å². The molecule has 1 unspecified atom stereocenters. The number of hydrogen-bond acceptors (Lipinski definition) is 3. The van der Waals surface area contributed by atoms with Crippen molar-refractivity contribution in [3.8, 4) is 0 Å². The number of rotatable bonds is 4. The van der Waals surface area contributed by atoms with Gasteiger partial charge in [0.05, 0.1) is 17.0 Å². The monoisotopic (exact) mass is 477 g/mol. The van der Waals surface area contributed by atoms with Gasteiger partial charge in [-0.05, 0) is 47.9 Å². The zero-order valence-corrected chi connectivity index (χ0v) is 17.9. The summed E-state index contributed by atoms with van der Waals surface area (Å²) >= 11 is 3.47. The van der Waals surface area contributed by atoms with E-state index in [0.29, 0.717) is 13.0 Å². The van der Waals surface area contributed by atoms with Crippen LogP contribution in [-0.2, 0) is 6.42 Å². The molecule has 1 aliphatic rings. The SMILES string of the molecule is O=C1c2oc3ccc(F)cc3c(=O)c2C(c2cccc(Br)c2)N1CCc1ccccc1. The maximum atomic E-state index is 13.8. The minimum Gasteiger partial charge on any atom is -0.450 e. The maximum Gasteiger partial charge on any atom is 0.290 e. The first kappa shape index (κ1) is 19.7. The molecule has 154 valence electrons. The van der Waals surface area contributed by atoms with Crippen LogP contribution in [0, 0.1) is 5.82 Å². The second-order valence-electron chi connectivity index (χ2n) is 7.51. The van der Waals surface area contributed by atoms with Gasteiger partial charge in [0.25, 0.3) is 5.91 Å². The predicted molar refractivity (Wildman–Crippen MR) is 120 cm³/mol.